The summed E-state index contributed by atoms with van der Waals surface area (Å²) in [6, 6.07) is 16.9. The molecule has 0 radical (unpaired) electrons. The lowest BCUT2D eigenvalue weighted by Crippen LogP contribution is -2.44. The first-order valence-corrected chi connectivity index (χ1v) is 11.9. The molecule has 4 rings (SSSR count). The van der Waals surface area contributed by atoms with Crippen LogP contribution >= 0.6 is 0 Å². The molecule has 1 aliphatic carbocycles. The fraction of sp³-hybridized carbons (Fsp3) is 0.519. The van der Waals surface area contributed by atoms with Gasteiger partial charge in [-0.3, -0.25) is 0 Å². The van der Waals surface area contributed by atoms with E-state index in [0.717, 1.165) is 38.2 Å². The van der Waals surface area contributed by atoms with Crippen molar-refractivity contribution < 1.29 is 9.53 Å². The van der Waals surface area contributed by atoms with Crippen LogP contribution in [0.1, 0.15) is 48.8 Å². The molecule has 3 atom stereocenters. The first kappa shape index (κ1) is 22.7. The topological polar surface area (TPSA) is 36.0 Å². The van der Waals surface area contributed by atoms with E-state index in [2.05, 4.69) is 48.9 Å². The molecule has 0 N–H and O–H groups in total. The van der Waals surface area contributed by atoms with Crippen molar-refractivity contribution in [3.63, 3.8) is 0 Å². The number of carbonyl (C=O) groups excluding carboxylic acids is 1. The van der Waals surface area contributed by atoms with Gasteiger partial charge in [0.2, 0.25) is 0 Å². The van der Waals surface area contributed by atoms with Gasteiger partial charge < -0.3 is 19.4 Å². The van der Waals surface area contributed by atoms with E-state index in [-0.39, 0.29) is 6.09 Å². The second-order valence-corrected chi connectivity index (χ2v) is 9.61. The third-order valence-corrected chi connectivity index (χ3v) is 7.54. The molecule has 0 spiro atoms. The van der Waals surface area contributed by atoms with Crippen LogP contribution in [0.4, 0.5) is 10.5 Å². The minimum Gasteiger partial charge on any atom is -0.445 e. The van der Waals surface area contributed by atoms with Gasteiger partial charge in [0, 0.05) is 45.5 Å². The van der Waals surface area contributed by atoms with Crippen LogP contribution in [0, 0.1) is 5.92 Å². The molecular formula is C27H37N3O2. The van der Waals surface area contributed by atoms with Crippen LogP contribution in [0.5, 0.6) is 0 Å². The van der Waals surface area contributed by atoms with Crippen molar-refractivity contribution in [2.45, 2.75) is 38.7 Å². The Morgan fingerprint density at radius 2 is 1.75 bits per heavy atom. The summed E-state index contributed by atoms with van der Waals surface area (Å²) in [5.74, 6) is 1.59. The maximum Gasteiger partial charge on any atom is 0.409 e. The predicted octanol–water partition coefficient (Wildman–Crippen LogP) is 4.93. The average Bonchev–Trinajstić information content (AvgIpc) is 3.06. The van der Waals surface area contributed by atoms with E-state index < -0.39 is 0 Å². The molecular weight excluding hydrogens is 398 g/mol. The van der Waals surface area contributed by atoms with E-state index in [4.69, 9.17) is 4.74 Å². The number of benzene rings is 2. The lowest BCUT2D eigenvalue weighted by molar-refractivity contribution is 0.103. The van der Waals surface area contributed by atoms with Gasteiger partial charge in [0.15, 0.2) is 0 Å². The number of anilines is 1. The van der Waals surface area contributed by atoms with Crippen LogP contribution in [0.15, 0.2) is 48.5 Å². The highest BCUT2D eigenvalue weighted by Gasteiger charge is 2.35. The quantitative estimate of drug-likeness (QED) is 0.644. The van der Waals surface area contributed by atoms with Gasteiger partial charge in [-0.25, -0.2) is 4.79 Å². The number of rotatable bonds is 6. The molecule has 2 aromatic carbocycles. The Morgan fingerprint density at radius 1 is 1.03 bits per heavy atom. The number of hydrogen-bond acceptors (Lipinski definition) is 4. The summed E-state index contributed by atoms with van der Waals surface area (Å²) in [5, 5.41) is 0. The summed E-state index contributed by atoms with van der Waals surface area (Å²) >= 11 is 0. The third-order valence-electron chi connectivity index (χ3n) is 7.54. The Hall–Kier alpha value is -2.53. The zero-order chi connectivity index (χ0) is 22.7. The van der Waals surface area contributed by atoms with Crippen molar-refractivity contribution in [1.82, 2.24) is 9.80 Å². The van der Waals surface area contributed by atoms with Gasteiger partial charge in [0.25, 0.3) is 0 Å². The summed E-state index contributed by atoms with van der Waals surface area (Å²) in [4.78, 5) is 19.1. The monoisotopic (exact) mass is 435 g/mol. The van der Waals surface area contributed by atoms with Gasteiger partial charge in [0.1, 0.15) is 6.61 Å². The van der Waals surface area contributed by atoms with Crippen LogP contribution in [-0.2, 0) is 11.3 Å². The van der Waals surface area contributed by atoms with E-state index in [1.807, 2.05) is 37.4 Å². The maximum absolute atomic E-state index is 12.5. The van der Waals surface area contributed by atoms with Crippen molar-refractivity contribution in [3.05, 3.63) is 65.2 Å². The minimum absolute atomic E-state index is 0.252. The van der Waals surface area contributed by atoms with Gasteiger partial charge in [-0.2, -0.15) is 0 Å². The Balaban J connectivity index is 1.36. The minimum atomic E-state index is -0.252. The summed E-state index contributed by atoms with van der Waals surface area (Å²) < 4.78 is 5.49. The number of amides is 1. The highest BCUT2D eigenvalue weighted by atomic mass is 16.6. The molecule has 2 aliphatic rings. The zero-order valence-electron chi connectivity index (χ0n) is 20.0. The van der Waals surface area contributed by atoms with Crippen LogP contribution in [0.3, 0.4) is 0 Å². The summed E-state index contributed by atoms with van der Waals surface area (Å²) in [6.07, 6.45) is 0.710. The third kappa shape index (κ3) is 4.93. The van der Waals surface area contributed by atoms with E-state index in [1.165, 1.54) is 16.8 Å². The maximum atomic E-state index is 12.5. The highest BCUT2D eigenvalue weighted by molar-refractivity contribution is 5.67. The molecule has 1 heterocycles. The number of nitrogens with zero attached hydrogens (tertiary/aromatic N) is 3. The van der Waals surface area contributed by atoms with E-state index in [1.54, 1.807) is 4.90 Å². The van der Waals surface area contributed by atoms with Crippen LogP contribution in [-0.4, -0.2) is 62.7 Å². The van der Waals surface area contributed by atoms with Crippen molar-refractivity contribution in [2.24, 2.45) is 5.92 Å². The molecule has 2 aromatic rings. The normalized spacial score (nSPS) is 23.1. The first-order valence-electron chi connectivity index (χ1n) is 11.9. The summed E-state index contributed by atoms with van der Waals surface area (Å²) in [7, 11) is 4.04. The van der Waals surface area contributed by atoms with Crippen LogP contribution in [0.2, 0.25) is 0 Å². The van der Waals surface area contributed by atoms with Crippen LogP contribution < -0.4 is 4.90 Å². The van der Waals surface area contributed by atoms with E-state index in [0.29, 0.717) is 30.9 Å². The standard InChI is InChI=1S/C27H37N3O2/c1-20-21(2)26-18-23(30-16-14-28(3)15-17-30)10-11-25(26)24(20)12-13-29(4)27(31)32-19-22-8-6-5-7-9-22/h5-11,18,20-21,24H,12-17,19H2,1-4H3/t20?,21?,24-/m1/s1. The highest BCUT2D eigenvalue weighted by Crippen LogP contribution is 2.48. The lowest BCUT2D eigenvalue weighted by atomic mass is 9.87. The van der Waals surface area contributed by atoms with Gasteiger partial charge in [-0.15, -0.1) is 0 Å². The van der Waals surface area contributed by atoms with E-state index in [9.17, 15) is 4.79 Å². The molecule has 1 fully saturated rings. The molecule has 1 aliphatic heterocycles. The average molecular weight is 436 g/mol. The molecule has 5 nitrogen and oxygen atoms in total. The number of piperazine rings is 1. The Morgan fingerprint density at radius 3 is 2.47 bits per heavy atom. The number of likely N-dealkylation sites (N-methyl/N-ethyl adjacent to an activating group) is 1. The molecule has 0 saturated carbocycles. The summed E-state index contributed by atoms with van der Waals surface area (Å²) in [6.45, 7) is 10.2. The molecule has 32 heavy (non-hydrogen) atoms. The number of ether oxygens (including phenoxy) is 1. The first-order chi connectivity index (χ1) is 15.4. The molecule has 1 amide bonds. The van der Waals surface area contributed by atoms with Gasteiger partial charge in [-0.1, -0.05) is 50.2 Å². The molecule has 172 valence electrons. The Labute approximate surface area is 193 Å². The molecule has 1 saturated heterocycles. The van der Waals surface area contributed by atoms with Crippen molar-refractivity contribution in [3.8, 4) is 0 Å². The van der Waals surface area contributed by atoms with Crippen molar-refractivity contribution in [1.29, 1.82) is 0 Å². The number of carbonyl (C=O) groups is 1. The van der Waals surface area contributed by atoms with Gasteiger partial charge in [-0.05, 0) is 60.0 Å². The van der Waals surface area contributed by atoms with Crippen molar-refractivity contribution >= 4 is 11.8 Å². The Kier molecular flexibility index (Phi) is 7.04. The molecule has 0 bridgehead atoms. The number of fused-ring (bicyclic) bond motifs is 1. The van der Waals surface area contributed by atoms with Gasteiger partial charge >= 0.3 is 6.09 Å². The summed E-state index contributed by atoms with van der Waals surface area (Å²) in [5.41, 5.74) is 5.33. The van der Waals surface area contributed by atoms with Gasteiger partial charge in [0.05, 0.1) is 0 Å². The molecule has 0 aromatic heterocycles. The fourth-order valence-electron chi connectivity index (χ4n) is 5.14. The second kappa shape index (κ2) is 9.95. The predicted molar refractivity (Wildman–Crippen MR) is 130 cm³/mol. The molecule has 2 unspecified atom stereocenters. The lowest BCUT2D eigenvalue weighted by Gasteiger charge is -2.34. The smallest absolute Gasteiger partial charge is 0.409 e. The zero-order valence-corrected chi connectivity index (χ0v) is 20.0. The van der Waals surface area contributed by atoms with Crippen LogP contribution in [0.25, 0.3) is 0 Å². The fourth-order valence-corrected chi connectivity index (χ4v) is 5.14. The second-order valence-electron chi connectivity index (χ2n) is 9.61. The number of hydrogen-bond donors (Lipinski definition) is 0. The van der Waals surface area contributed by atoms with E-state index >= 15 is 0 Å². The largest absolute Gasteiger partial charge is 0.445 e. The molecule has 5 heteroatoms. The SMILES string of the molecule is CC1c2cc(N3CCN(C)CC3)ccc2[C@H](CCN(C)C(=O)OCc2ccccc2)C1C. The van der Waals surface area contributed by atoms with Crippen molar-refractivity contribution in [2.75, 3.05) is 51.7 Å². The Bertz CT molecular complexity index is 908.